The van der Waals surface area contributed by atoms with Gasteiger partial charge in [-0.05, 0) is 70.7 Å². The van der Waals surface area contributed by atoms with Gasteiger partial charge in [-0.3, -0.25) is 14.2 Å². The predicted molar refractivity (Wildman–Crippen MR) is 148 cm³/mol. The second-order valence-electron chi connectivity index (χ2n) is 11.4. The van der Waals surface area contributed by atoms with E-state index in [1.165, 1.54) is 7.11 Å². The zero-order valence-corrected chi connectivity index (χ0v) is 23.6. The van der Waals surface area contributed by atoms with E-state index in [2.05, 4.69) is 0 Å². The van der Waals surface area contributed by atoms with E-state index in [-0.39, 0.29) is 29.6 Å². The van der Waals surface area contributed by atoms with Gasteiger partial charge < -0.3 is 23.6 Å². The maximum absolute atomic E-state index is 13.4. The lowest BCUT2D eigenvalue weighted by molar-refractivity contribution is -0.165. The number of aromatic nitrogens is 1. The molecule has 0 saturated carbocycles. The van der Waals surface area contributed by atoms with Gasteiger partial charge in [0.15, 0.2) is 11.3 Å². The summed E-state index contributed by atoms with van der Waals surface area (Å²) in [6.45, 7) is 7.84. The van der Waals surface area contributed by atoms with Crippen molar-refractivity contribution in [2.45, 2.75) is 58.1 Å². The molecule has 10 nitrogen and oxygen atoms in total. The van der Waals surface area contributed by atoms with Gasteiger partial charge in [0.25, 0.3) is 5.91 Å². The third kappa shape index (κ3) is 6.01. The van der Waals surface area contributed by atoms with Gasteiger partial charge in [0.1, 0.15) is 11.4 Å². The van der Waals surface area contributed by atoms with E-state index in [4.69, 9.17) is 18.7 Å². The first-order chi connectivity index (χ1) is 19.1. The van der Waals surface area contributed by atoms with Crippen LogP contribution in [0.15, 0.2) is 51.7 Å². The number of nitrogens with zero attached hydrogens (tertiary/aromatic N) is 3. The largest absolute Gasteiger partial charge is 0.496 e. The Bertz CT molecular complexity index is 1420. The van der Waals surface area contributed by atoms with Gasteiger partial charge in [-0.2, -0.15) is 0 Å². The molecule has 2 aromatic carbocycles. The van der Waals surface area contributed by atoms with E-state index in [1.807, 2.05) is 44.0 Å². The number of hydrogen-bond donors (Lipinski definition) is 0. The number of ether oxygens (including phenoxy) is 2. The molecule has 10 heteroatoms. The summed E-state index contributed by atoms with van der Waals surface area (Å²) in [7, 11) is 1.53. The molecule has 40 heavy (non-hydrogen) atoms. The summed E-state index contributed by atoms with van der Waals surface area (Å²) < 4.78 is 18.2. The lowest BCUT2D eigenvalue weighted by atomic mass is 9.98. The predicted octanol–water partition coefficient (Wildman–Crippen LogP) is 4.43. The number of oxazole rings is 1. The number of carbonyl (C=O) groups is 2. The van der Waals surface area contributed by atoms with E-state index in [0.29, 0.717) is 74.5 Å². The Hall–Kier alpha value is -3.79. The lowest BCUT2D eigenvalue weighted by Crippen LogP contribution is -2.40. The van der Waals surface area contributed by atoms with Crippen LogP contribution in [0.25, 0.3) is 11.1 Å². The number of hydrogen-bond acceptors (Lipinski definition) is 8. The molecule has 214 valence electrons. The van der Waals surface area contributed by atoms with Crippen LogP contribution in [0.2, 0.25) is 0 Å². The maximum Gasteiger partial charge on any atom is 0.420 e. The first-order valence-corrected chi connectivity index (χ1v) is 13.9. The number of methoxy groups -OCH3 is 1. The van der Waals surface area contributed by atoms with Gasteiger partial charge in [0.05, 0.1) is 24.1 Å². The number of benzene rings is 2. The van der Waals surface area contributed by atoms with Crippen molar-refractivity contribution < 1.29 is 28.3 Å². The average molecular weight is 552 g/mol. The molecule has 0 spiro atoms. The smallest absolute Gasteiger partial charge is 0.420 e. The molecule has 5 rings (SSSR count). The van der Waals surface area contributed by atoms with Crippen LogP contribution in [-0.4, -0.2) is 65.3 Å². The van der Waals surface area contributed by atoms with Crippen molar-refractivity contribution in [3.05, 3.63) is 58.6 Å². The summed E-state index contributed by atoms with van der Waals surface area (Å²) in [5.41, 5.74) is 1.32. The second-order valence-corrected chi connectivity index (χ2v) is 11.4. The Morgan fingerprint density at radius 2 is 1.65 bits per heavy atom. The number of amides is 1. The third-order valence-electron chi connectivity index (χ3n) is 7.47. The van der Waals surface area contributed by atoms with E-state index in [0.717, 1.165) is 5.52 Å². The van der Waals surface area contributed by atoms with Crippen LogP contribution < -0.4 is 15.3 Å². The van der Waals surface area contributed by atoms with Crippen LogP contribution >= 0.6 is 0 Å². The molecular formula is C30H37N3O7. The van der Waals surface area contributed by atoms with Gasteiger partial charge in [-0.1, -0.05) is 12.1 Å². The van der Waals surface area contributed by atoms with Gasteiger partial charge in [0.2, 0.25) is 0 Å². The first-order valence-electron chi connectivity index (χ1n) is 13.9. The molecule has 0 atom stereocenters. The zero-order chi connectivity index (χ0) is 28.4. The normalized spacial score (nSPS) is 17.6. The molecule has 2 fully saturated rings. The minimum Gasteiger partial charge on any atom is -0.496 e. The van der Waals surface area contributed by atoms with E-state index < -0.39 is 5.60 Å². The maximum atomic E-state index is 13.4. The molecule has 0 bridgehead atoms. The molecule has 1 aromatic heterocycles. The van der Waals surface area contributed by atoms with Gasteiger partial charge in [-0.25, -0.2) is 4.79 Å². The Morgan fingerprint density at radius 3 is 2.33 bits per heavy atom. The Kier molecular flexibility index (Phi) is 7.89. The molecule has 3 aromatic rings. The van der Waals surface area contributed by atoms with Crippen molar-refractivity contribution in [1.82, 2.24) is 14.5 Å². The SMILES string of the molecule is COc1cc(ON2CCC(C(=O)OC(C)(C)C)CC2)ccc1C(=O)N1CCC(n2c(=O)oc3ccccc32)CC1. The Morgan fingerprint density at radius 1 is 0.950 bits per heavy atom. The fraction of sp³-hybridized carbons (Fsp3) is 0.500. The molecule has 0 unspecified atom stereocenters. The number of fused-ring (bicyclic) bond motifs is 1. The molecule has 0 N–H and O–H groups in total. The van der Waals surface area contributed by atoms with Crippen molar-refractivity contribution in [3.63, 3.8) is 0 Å². The van der Waals surface area contributed by atoms with Crippen LogP contribution in [0.1, 0.15) is 62.9 Å². The summed E-state index contributed by atoms with van der Waals surface area (Å²) >= 11 is 0. The van der Waals surface area contributed by atoms with E-state index >= 15 is 0 Å². The summed E-state index contributed by atoms with van der Waals surface area (Å²) in [5, 5.41) is 1.82. The third-order valence-corrected chi connectivity index (χ3v) is 7.47. The van der Waals surface area contributed by atoms with Crippen LogP contribution in [0, 0.1) is 5.92 Å². The van der Waals surface area contributed by atoms with Crippen LogP contribution in [0.3, 0.4) is 0 Å². The fourth-order valence-electron chi connectivity index (χ4n) is 5.45. The van der Waals surface area contributed by atoms with E-state index in [1.54, 1.807) is 33.7 Å². The van der Waals surface area contributed by atoms with Crippen molar-refractivity contribution in [2.24, 2.45) is 5.92 Å². The Balaban J connectivity index is 1.18. The number of para-hydroxylation sites is 2. The number of hydroxylamine groups is 2. The topological polar surface area (TPSA) is 103 Å². The zero-order valence-electron chi connectivity index (χ0n) is 23.6. The molecule has 2 saturated heterocycles. The van der Waals surface area contributed by atoms with Crippen molar-refractivity contribution in [1.29, 1.82) is 0 Å². The van der Waals surface area contributed by atoms with Gasteiger partial charge >= 0.3 is 11.7 Å². The first kappa shape index (κ1) is 27.8. The van der Waals surface area contributed by atoms with Crippen LogP contribution in [0.4, 0.5) is 0 Å². The number of esters is 1. The van der Waals surface area contributed by atoms with E-state index in [9.17, 15) is 14.4 Å². The summed E-state index contributed by atoms with van der Waals surface area (Å²) in [6, 6.07) is 12.6. The van der Waals surface area contributed by atoms with Crippen molar-refractivity contribution >= 4 is 23.0 Å². The second kappa shape index (κ2) is 11.4. The highest BCUT2D eigenvalue weighted by atomic mass is 16.7. The highest BCUT2D eigenvalue weighted by Gasteiger charge is 2.31. The molecular weight excluding hydrogens is 514 g/mol. The standard InChI is InChI=1S/C30H37N3O7/c1-30(2,3)39-28(35)20-11-17-32(18-12-20)40-22-9-10-23(26(19-22)37-4)27(34)31-15-13-21(14-16-31)33-24-7-5-6-8-25(24)38-29(33)36/h5-10,19-21H,11-18H2,1-4H3. The summed E-state index contributed by atoms with van der Waals surface area (Å²) in [5.74, 6) is 0.218. The minimum absolute atomic E-state index is 0.0302. The minimum atomic E-state index is -0.496. The molecule has 0 aliphatic carbocycles. The molecule has 1 amide bonds. The van der Waals surface area contributed by atoms with Crippen LogP contribution in [-0.2, 0) is 9.53 Å². The number of rotatable bonds is 6. The van der Waals surface area contributed by atoms with Gasteiger partial charge in [-0.15, -0.1) is 5.06 Å². The highest BCUT2D eigenvalue weighted by Crippen LogP contribution is 2.31. The molecule has 2 aliphatic heterocycles. The summed E-state index contributed by atoms with van der Waals surface area (Å²) in [4.78, 5) is 46.1. The number of piperidine rings is 2. The van der Waals surface area contributed by atoms with Crippen LogP contribution in [0.5, 0.6) is 11.5 Å². The number of carbonyl (C=O) groups excluding carboxylic acids is 2. The quantitative estimate of drug-likeness (QED) is 0.415. The lowest BCUT2D eigenvalue weighted by Gasteiger charge is -2.33. The highest BCUT2D eigenvalue weighted by molar-refractivity contribution is 5.97. The Labute approximate surface area is 233 Å². The summed E-state index contributed by atoms with van der Waals surface area (Å²) in [6.07, 6.45) is 2.61. The van der Waals surface area contributed by atoms with Gasteiger partial charge in [0, 0.05) is 38.3 Å². The van der Waals surface area contributed by atoms with Crippen molar-refractivity contribution in [2.75, 3.05) is 33.3 Å². The molecule has 3 heterocycles. The van der Waals surface area contributed by atoms with Crippen molar-refractivity contribution in [3.8, 4) is 11.5 Å². The average Bonchev–Trinajstić information content (AvgIpc) is 3.27. The number of likely N-dealkylation sites (tertiary alicyclic amines) is 1. The molecule has 2 aliphatic rings. The fourth-order valence-corrected chi connectivity index (χ4v) is 5.45. The molecule has 0 radical (unpaired) electrons. The monoisotopic (exact) mass is 551 g/mol.